The molecule has 3 nitrogen and oxygen atoms in total. The first kappa shape index (κ1) is 66.9. The lowest BCUT2D eigenvalue weighted by atomic mass is 9.33. The van der Waals surface area contributed by atoms with E-state index in [1.54, 1.807) is 0 Å². The minimum absolute atomic E-state index is 0.0583. The van der Waals surface area contributed by atoms with Crippen molar-refractivity contribution in [2.75, 3.05) is 9.80 Å². The molecule has 0 spiro atoms. The Kier molecular flexibility index (Phi) is 16.4. The zero-order chi connectivity index (χ0) is 72.9. The van der Waals surface area contributed by atoms with Gasteiger partial charge < -0.3 is 14.4 Å². The van der Waals surface area contributed by atoms with Crippen LogP contribution in [0.25, 0.3) is 83.1 Å². The molecule has 0 atom stereocenters. The summed E-state index contributed by atoms with van der Waals surface area (Å²) in [5.41, 5.74) is 29.0. The largest absolute Gasteiger partial charge is 0.310 e. The van der Waals surface area contributed by atoms with Gasteiger partial charge in [-0.05, 0) is 158 Å². The van der Waals surface area contributed by atoms with Crippen LogP contribution in [0.5, 0.6) is 0 Å². The maximum Gasteiger partial charge on any atom is 0.252 e. The Hall–Kier alpha value is -12.0. The Morgan fingerprint density at radius 2 is 0.626 bits per heavy atom. The first-order chi connectivity index (χ1) is 52.0. The van der Waals surface area contributed by atoms with Crippen molar-refractivity contribution in [1.82, 2.24) is 4.57 Å². The van der Waals surface area contributed by atoms with Gasteiger partial charge in [-0.15, -0.1) is 0 Å². The number of para-hydroxylation sites is 2. The lowest BCUT2D eigenvalue weighted by Gasteiger charge is -2.46. The van der Waals surface area contributed by atoms with E-state index in [0.29, 0.717) is 0 Å². The highest BCUT2D eigenvalue weighted by Crippen LogP contribution is 2.54. The molecule has 0 saturated heterocycles. The first-order valence-corrected chi connectivity index (χ1v) is 39.9. The number of anilines is 6. The second-order valence-electron chi connectivity index (χ2n) is 32.4. The van der Waals surface area contributed by atoms with E-state index in [-0.39, 0.29) is 23.0 Å². The Labute approximate surface area is 632 Å². The van der Waals surface area contributed by atoms with Gasteiger partial charge in [-0.25, -0.2) is 0 Å². The summed E-state index contributed by atoms with van der Waals surface area (Å²) in [6.07, 6.45) is 0. The van der Waals surface area contributed by atoms with Crippen LogP contribution in [0.1, 0.15) is 79.0 Å². The highest BCUT2D eigenvalue weighted by Gasteiger charge is 2.48. The smallest absolute Gasteiger partial charge is 0.252 e. The maximum absolute atomic E-state index is 3.20. The molecule has 0 amide bonds. The predicted octanol–water partition coefficient (Wildman–Crippen LogP) is 22.5. The molecule has 0 fully saturated rings. The van der Waals surface area contributed by atoms with Crippen molar-refractivity contribution in [2.45, 2.75) is 78.6 Å². The molecule has 1 aromatic heterocycles. The van der Waals surface area contributed by atoms with Crippen molar-refractivity contribution in [3.63, 3.8) is 0 Å². The standard InChI is InChI=1S/C102H86BN3Si/c1-100(2,3)75-53-51-69(52-54-75)74-63-95-97-96(64-74)106(99-85(72-37-21-12-22-38-72)49-32-50-86(99)73-39-23-13-24-40-73)94-67-78(104-91-60-55-76(101(4,5)6)65-87(91)88-66-77(102(7,8)9)56-61-92(88)104)57-59-89(94)103(97)90-68-82(107(79-41-25-14-26-42-79,80-43-27-15-28-44-80)81-45-29-16-30-46-81)58-62-93(90)105(95)98-83(70-33-17-10-18-34-70)47-31-48-84(98)71-35-19-11-20-36-71/h10-68H,1-9H3. The average Bonchev–Trinajstić information content (AvgIpc) is 0.915. The number of benzene rings is 15. The molecular weight excluding hydrogens is 1310 g/mol. The van der Waals surface area contributed by atoms with E-state index in [4.69, 9.17) is 0 Å². The van der Waals surface area contributed by atoms with Crippen LogP contribution in [0, 0.1) is 0 Å². The summed E-state index contributed by atoms with van der Waals surface area (Å²) in [4.78, 5) is 5.43. The van der Waals surface area contributed by atoms with Gasteiger partial charge in [0, 0.05) is 61.5 Å². The van der Waals surface area contributed by atoms with Gasteiger partial charge in [0.25, 0.3) is 6.71 Å². The molecule has 0 saturated carbocycles. The van der Waals surface area contributed by atoms with Crippen molar-refractivity contribution < 1.29 is 0 Å². The molecule has 107 heavy (non-hydrogen) atoms. The third-order valence-electron chi connectivity index (χ3n) is 22.8. The molecule has 18 rings (SSSR count). The summed E-state index contributed by atoms with van der Waals surface area (Å²) in [6, 6.07) is 137. The lowest BCUT2D eigenvalue weighted by molar-refractivity contribution is 0.590. The molecule has 0 unspecified atom stereocenters. The third-order valence-corrected chi connectivity index (χ3v) is 27.6. The Morgan fingerprint density at radius 1 is 0.252 bits per heavy atom. The van der Waals surface area contributed by atoms with E-state index in [9.17, 15) is 0 Å². The molecule has 0 bridgehead atoms. The molecular formula is C102H86BN3Si. The highest BCUT2D eigenvalue weighted by molar-refractivity contribution is 7.20. The minimum atomic E-state index is -3.20. The molecule has 5 heteroatoms. The SMILES string of the molecule is CC(C)(C)c1ccc(-c2cc3c4c(c2)N(c2c(-c5ccccc5)cccc2-c2ccccc2)c2cc(-n5c6ccc(C(C)(C)C)cc6c6cc(C(C)(C)C)ccc65)ccc2B4c2cc([Si](c4ccccc4)(c4ccccc4)c4ccccc4)ccc2N3c2c(-c3ccccc3)cccc2-c2ccccc2)cc1. The molecule has 2 aliphatic heterocycles. The van der Waals surface area contributed by atoms with Gasteiger partial charge in [-0.1, -0.05) is 366 Å². The van der Waals surface area contributed by atoms with Crippen molar-refractivity contribution >= 4 is 108 Å². The number of rotatable bonds is 12. The summed E-state index contributed by atoms with van der Waals surface area (Å²) in [5, 5.41) is 7.82. The second kappa shape index (κ2) is 26.2. The molecule has 2 aliphatic rings. The van der Waals surface area contributed by atoms with Gasteiger partial charge in [0.2, 0.25) is 0 Å². The summed E-state index contributed by atoms with van der Waals surface area (Å²) in [7, 11) is -3.20. The fraction of sp³-hybridized carbons (Fsp3) is 0.118. The second-order valence-corrected chi connectivity index (χ2v) is 36.2. The quantitative estimate of drug-likeness (QED) is 0.0892. The van der Waals surface area contributed by atoms with Crippen molar-refractivity contribution in [3.05, 3.63) is 375 Å². The van der Waals surface area contributed by atoms with Crippen LogP contribution in [-0.2, 0) is 16.2 Å². The zero-order valence-electron chi connectivity index (χ0n) is 62.5. The maximum atomic E-state index is 2.72. The van der Waals surface area contributed by atoms with Gasteiger partial charge in [0.05, 0.1) is 22.4 Å². The summed E-state index contributed by atoms with van der Waals surface area (Å²) in [5.74, 6) is 0. The van der Waals surface area contributed by atoms with Crippen molar-refractivity contribution in [1.29, 1.82) is 0 Å². The molecule has 516 valence electrons. The van der Waals surface area contributed by atoms with E-state index in [1.165, 1.54) is 75.6 Å². The van der Waals surface area contributed by atoms with Gasteiger partial charge in [-0.3, -0.25) is 0 Å². The Bertz CT molecular complexity index is 5750. The number of aromatic nitrogens is 1. The third kappa shape index (κ3) is 11.4. The van der Waals surface area contributed by atoms with E-state index in [0.717, 1.165) is 95.4 Å². The van der Waals surface area contributed by atoms with Crippen LogP contribution < -0.4 is 46.9 Å². The van der Waals surface area contributed by atoms with Gasteiger partial charge in [-0.2, -0.15) is 0 Å². The molecule has 16 aromatic rings. The van der Waals surface area contributed by atoms with Crippen LogP contribution in [0.15, 0.2) is 358 Å². The highest BCUT2D eigenvalue weighted by atomic mass is 28.3. The predicted molar refractivity (Wildman–Crippen MR) is 462 cm³/mol. The van der Waals surface area contributed by atoms with Crippen molar-refractivity contribution in [3.8, 4) is 61.3 Å². The zero-order valence-corrected chi connectivity index (χ0v) is 63.5. The number of hydrogen-bond donors (Lipinski definition) is 0. The van der Waals surface area contributed by atoms with E-state index >= 15 is 0 Å². The fourth-order valence-corrected chi connectivity index (χ4v) is 22.2. The van der Waals surface area contributed by atoms with Gasteiger partial charge in [0.15, 0.2) is 8.07 Å². The molecule has 15 aromatic carbocycles. The topological polar surface area (TPSA) is 11.4 Å². The van der Waals surface area contributed by atoms with Crippen molar-refractivity contribution in [2.24, 2.45) is 0 Å². The minimum Gasteiger partial charge on any atom is -0.310 e. The molecule has 0 radical (unpaired) electrons. The van der Waals surface area contributed by atoms with Crippen LogP contribution in [0.2, 0.25) is 0 Å². The van der Waals surface area contributed by atoms with Gasteiger partial charge >= 0.3 is 0 Å². The summed E-state index contributed by atoms with van der Waals surface area (Å²) >= 11 is 0. The normalized spacial score (nSPS) is 12.9. The van der Waals surface area contributed by atoms with Crippen LogP contribution in [-0.4, -0.2) is 19.4 Å². The average molecular weight is 1390 g/mol. The molecule has 0 N–H and O–H groups in total. The Morgan fingerprint density at radius 3 is 1.02 bits per heavy atom. The summed E-state index contributed by atoms with van der Waals surface area (Å²) < 4.78 is 2.57. The fourth-order valence-electron chi connectivity index (χ4n) is 17.4. The molecule has 0 aliphatic carbocycles. The first-order valence-electron chi connectivity index (χ1n) is 37.9. The van der Waals surface area contributed by atoms with Gasteiger partial charge in [0.1, 0.15) is 0 Å². The molecule has 3 heterocycles. The van der Waals surface area contributed by atoms with E-state index in [1.807, 2.05) is 0 Å². The monoisotopic (exact) mass is 1390 g/mol. The summed E-state index contributed by atoms with van der Waals surface area (Å²) in [6.45, 7) is 20.7. The van der Waals surface area contributed by atoms with E-state index < -0.39 is 8.07 Å². The number of fused-ring (bicyclic) bond motifs is 7. The lowest BCUT2D eigenvalue weighted by Crippen LogP contribution is -2.75. The van der Waals surface area contributed by atoms with E-state index in [2.05, 4.69) is 435 Å². The number of hydrogen-bond acceptors (Lipinski definition) is 2. The Balaban J connectivity index is 1.04. The number of nitrogens with zero attached hydrogens (tertiary/aromatic N) is 3. The van der Waals surface area contributed by atoms with Crippen LogP contribution >= 0.6 is 0 Å². The van der Waals surface area contributed by atoms with Crippen LogP contribution in [0.4, 0.5) is 34.1 Å². The van der Waals surface area contributed by atoms with Crippen LogP contribution in [0.3, 0.4) is 0 Å².